The number of nitro benzene ring substituents is 1. The molecule has 0 fully saturated rings. The second-order valence-corrected chi connectivity index (χ2v) is 4.34. The molecule has 0 N–H and O–H groups in total. The van der Waals surface area contributed by atoms with Crippen molar-refractivity contribution in [1.29, 1.82) is 0 Å². The van der Waals surface area contributed by atoms with Crippen LogP contribution in [0.1, 0.15) is 25.8 Å². The molecular formula is C12H14N2O4. The van der Waals surface area contributed by atoms with E-state index in [0.29, 0.717) is 12.0 Å². The van der Waals surface area contributed by atoms with Crippen molar-refractivity contribution in [2.45, 2.75) is 20.3 Å². The first-order valence-electron chi connectivity index (χ1n) is 5.49. The van der Waals surface area contributed by atoms with E-state index >= 15 is 0 Å². The largest absolute Gasteiger partial charge is 0.270 e. The van der Waals surface area contributed by atoms with Crippen molar-refractivity contribution in [2.75, 3.05) is 0 Å². The quantitative estimate of drug-likeness (QED) is 0.592. The number of hydrogen-bond donors (Lipinski definition) is 0. The highest BCUT2D eigenvalue weighted by Crippen LogP contribution is 2.19. The van der Waals surface area contributed by atoms with Crippen LogP contribution < -0.4 is 0 Å². The van der Waals surface area contributed by atoms with Gasteiger partial charge < -0.3 is 0 Å². The van der Waals surface area contributed by atoms with Gasteiger partial charge in [-0.25, -0.2) is 0 Å². The third-order valence-corrected chi connectivity index (χ3v) is 2.27. The number of nitrogens with zero attached hydrogens (tertiary/aromatic N) is 2. The molecule has 0 bridgehead atoms. The fourth-order valence-corrected chi connectivity index (χ4v) is 1.52. The van der Waals surface area contributed by atoms with Gasteiger partial charge >= 0.3 is 0 Å². The van der Waals surface area contributed by atoms with Gasteiger partial charge in [-0.05, 0) is 11.5 Å². The van der Waals surface area contributed by atoms with Crippen LogP contribution in [0.15, 0.2) is 30.0 Å². The van der Waals surface area contributed by atoms with Gasteiger partial charge in [-0.15, -0.1) is 0 Å². The number of allylic oxidation sites excluding steroid dienone is 1. The summed E-state index contributed by atoms with van der Waals surface area (Å²) in [7, 11) is 0. The zero-order valence-corrected chi connectivity index (χ0v) is 10.2. The molecule has 0 aliphatic heterocycles. The predicted molar refractivity (Wildman–Crippen MR) is 67.5 cm³/mol. The number of benzene rings is 1. The first-order valence-corrected chi connectivity index (χ1v) is 5.49. The Morgan fingerprint density at radius 3 is 2.50 bits per heavy atom. The molecule has 1 aromatic rings. The van der Waals surface area contributed by atoms with Crippen LogP contribution in [0.3, 0.4) is 0 Å². The summed E-state index contributed by atoms with van der Waals surface area (Å²) in [6, 6.07) is 5.79. The van der Waals surface area contributed by atoms with Crippen molar-refractivity contribution in [3.05, 3.63) is 55.8 Å². The Labute approximate surface area is 104 Å². The highest BCUT2D eigenvalue weighted by molar-refractivity contribution is 5.54. The summed E-state index contributed by atoms with van der Waals surface area (Å²) < 4.78 is 0. The molecule has 0 radical (unpaired) electrons. The average molecular weight is 250 g/mol. The molecule has 0 saturated carbocycles. The van der Waals surface area contributed by atoms with Crippen LogP contribution >= 0.6 is 0 Å². The van der Waals surface area contributed by atoms with Crippen molar-refractivity contribution in [3.63, 3.8) is 0 Å². The molecule has 96 valence electrons. The Kier molecular flexibility index (Phi) is 4.53. The van der Waals surface area contributed by atoms with Gasteiger partial charge in [0, 0.05) is 24.6 Å². The summed E-state index contributed by atoms with van der Waals surface area (Å²) in [5.74, 6) is 0.153. The van der Waals surface area contributed by atoms with Gasteiger partial charge in [0.2, 0.25) is 5.70 Å². The standard InChI is InChI=1S/C12H14N2O4/c1-9(2)6-12(14(17)18)8-10-4-3-5-11(7-10)13(15)16/h3-5,7-9H,6H2,1-2H3. The van der Waals surface area contributed by atoms with Crippen LogP contribution in [0, 0.1) is 26.1 Å². The van der Waals surface area contributed by atoms with Crippen molar-refractivity contribution in [3.8, 4) is 0 Å². The Balaban J connectivity index is 3.07. The number of nitro groups is 2. The van der Waals surface area contributed by atoms with Crippen molar-refractivity contribution in [1.82, 2.24) is 0 Å². The summed E-state index contributed by atoms with van der Waals surface area (Å²) in [5.41, 5.74) is 0.457. The lowest BCUT2D eigenvalue weighted by molar-refractivity contribution is -0.427. The second kappa shape index (κ2) is 5.90. The molecule has 0 saturated heterocycles. The molecule has 1 rings (SSSR count). The molecule has 0 atom stereocenters. The van der Waals surface area contributed by atoms with E-state index in [1.807, 2.05) is 13.8 Å². The van der Waals surface area contributed by atoms with E-state index < -0.39 is 9.85 Å². The van der Waals surface area contributed by atoms with Gasteiger partial charge in [0.05, 0.1) is 9.85 Å². The minimum atomic E-state index is -0.522. The van der Waals surface area contributed by atoms with Gasteiger partial charge in [-0.2, -0.15) is 0 Å². The topological polar surface area (TPSA) is 86.3 Å². The molecule has 0 aliphatic carbocycles. The minimum Gasteiger partial charge on any atom is -0.259 e. The number of rotatable bonds is 5. The van der Waals surface area contributed by atoms with Crippen molar-refractivity contribution < 1.29 is 9.85 Å². The zero-order chi connectivity index (χ0) is 13.7. The maximum absolute atomic E-state index is 10.9. The smallest absolute Gasteiger partial charge is 0.259 e. The van der Waals surface area contributed by atoms with Crippen LogP contribution in [-0.2, 0) is 0 Å². The maximum Gasteiger partial charge on any atom is 0.270 e. The van der Waals surface area contributed by atoms with Gasteiger partial charge in [0.25, 0.3) is 5.69 Å². The first kappa shape index (κ1) is 13.8. The van der Waals surface area contributed by atoms with Crippen LogP contribution in [0.4, 0.5) is 5.69 Å². The molecular weight excluding hydrogens is 236 g/mol. The second-order valence-electron chi connectivity index (χ2n) is 4.34. The van der Waals surface area contributed by atoms with Gasteiger partial charge in [0.15, 0.2) is 0 Å². The lowest BCUT2D eigenvalue weighted by atomic mass is 10.1. The highest BCUT2D eigenvalue weighted by Gasteiger charge is 2.14. The molecule has 6 heteroatoms. The molecule has 1 aromatic carbocycles. The lowest BCUT2D eigenvalue weighted by Gasteiger charge is -2.02. The van der Waals surface area contributed by atoms with E-state index in [4.69, 9.17) is 0 Å². The molecule has 0 aromatic heterocycles. The van der Waals surface area contributed by atoms with E-state index in [0.717, 1.165) is 0 Å². The van der Waals surface area contributed by atoms with Gasteiger partial charge in [0.1, 0.15) is 0 Å². The molecule has 18 heavy (non-hydrogen) atoms. The summed E-state index contributed by atoms with van der Waals surface area (Å²) in [4.78, 5) is 20.5. The molecule has 0 heterocycles. The minimum absolute atomic E-state index is 0.0606. The van der Waals surface area contributed by atoms with Crippen molar-refractivity contribution >= 4 is 11.8 Å². The lowest BCUT2D eigenvalue weighted by Crippen LogP contribution is -2.02. The van der Waals surface area contributed by atoms with Crippen LogP contribution in [-0.4, -0.2) is 9.85 Å². The van der Waals surface area contributed by atoms with Crippen LogP contribution in [0.2, 0.25) is 0 Å². The summed E-state index contributed by atoms with van der Waals surface area (Å²) in [5, 5.41) is 21.5. The Hall–Kier alpha value is -2.24. The van der Waals surface area contributed by atoms with E-state index in [9.17, 15) is 20.2 Å². The Morgan fingerprint density at radius 1 is 1.33 bits per heavy atom. The molecule has 0 unspecified atom stereocenters. The SMILES string of the molecule is CC(C)CC(=Cc1cccc([N+](=O)[O-])c1)[N+](=O)[O-]. The number of non-ortho nitro benzene ring substituents is 1. The Morgan fingerprint density at radius 2 is 2.00 bits per heavy atom. The van der Waals surface area contributed by atoms with E-state index in [2.05, 4.69) is 0 Å². The van der Waals surface area contributed by atoms with E-state index in [1.54, 1.807) is 6.07 Å². The Bertz CT molecular complexity index is 495. The predicted octanol–water partition coefficient (Wildman–Crippen LogP) is 3.26. The summed E-state index contributed by atoms with van der Waals surface area (Å²) in [6.07, 6.45) is 1.71. The normalized spacial score (nSPS) is 11.6. The molecule has 0 spiro atoms. The average Bonchev–Trinajstić information content (AvgIpc) is 2.27. The monoisotopic (exact) mass is 250 g/mol. The first-order chi connectivity index (χ1) is 8.40. The van der Waals surface area contributed by atoms with Crippen molar-refractivity contribution in [2.24, 2.45) is 5.92 Å². The van der Waals surface area contributed by atoms with E-state index in [1.165, 1.54) is 24.3 Å². The van der Waals surface area contributed by atoms with Crippen LogP contribution in [0.5, 0.6) is 0 Å². The van der Waals surface area contributed by atoms with Crippen LogP contribution in [0.25, 0.3) is 6.08 Å². The number of hydrogen-bond acceptors (Lipinski definition) is 4. The van der Waals surface area contributed by atoms with Gasteiger partial charge in [-0.1, -0.05) is 26.0 Å². The maximum atomic E-state index is 10.9. The molecule has 0 aliphatic rings. The summed E-state index contributed by atoms with van der Waals surface area (Å²) in [6.45, 7) is 3.76. The van der Waals surface area contributed by atoms with E-state index in [-0.39, 0.29) is 17.3 Å². The third-order valence-electron chi connectivity index (χ3n) is 2.27. The zero-order valence-electron chi connectivity index (χ0n) is 10.2. The fraction of sp³-hybridized carbons (Fsp3) is 0.333. The fourth-order valence-electron chi connectivity index (χ4n) is 1.52. The summed E-state index contributed by atoms with van der Waals surface area (Å²) >= 11 is 0. The molecule has 6 nitrogen and oxygen atoms in total. The highest BCUT2D eigenvalue weighted by atomic mass is 16.6. The molecule has 0 amide bonds. The third kappa shape index (κ3) is 3.97. The van der Waals surface area contributed by atoms with Gasteiger partial charge in [-0.3, -0.25) is 20.2 Å².